The third-order valence-corrected chi connectivity index (χ3v) is 6.14. The van der Waals surface area contributed by atoms with E-state index in [2.05, 4.69) is 5.16 Å². The first kappa shape index (κ1) is 16.6. The molecule has 2 saturated heterocycles. The number of hydrogen-bond donors (Lipinski definition) is 1. The van der Waals surface area contributed by atoms with Crippen molar-refractivity contribution in [2.24, 2.45) is 0 Å². The summed E-state index contributed by atoms with van der Waals surface area (Å²) in [6.45, 7) is 1.34. The predicted octanol–water partition coefficient (Wildman–Crippen LogP) is 1.58. The molecule has 7 heteroatoms. The minimum Gasteiger partial charge on any atom is -0.393 e. The monoisotopic (exact) mass is 347 g/mol. The van der Waals surface area contributed by atoms with Crippen LogP contribution in [0.25, 0.3) is 0 Å². The molecule has 2 amide bonds. The van der Waals surface area contributed by atoms with Gasteiger partial charge in [0.25, 0.3) is 5.91 Å². The predicted molar refractivity (Wildman–Crippen MR) is 88.7 cm³/mol. The van der Waals surface area contributed by atoms with Crippen LogP contribution in [0.5, 0.6) is 0 Å². The number of nitrogens with zero attached hydrogens (tertiary/aromatic N) is 3. The van der Waals surface area contributed by atoms with Crippen LogP contribution in [0, 0.1) is 0 Å². The molecule has 1 N–H and O–H groups in total. The van der Waals surface area contributed by atoms with E-state index in [0.29, 0.717) is 6.54 Å². The molecule has 1 aliphatic carbocycles. The van der Waals surface area contributed by atoms with Crippen LogP contribution in [-0.2, 0) is 4.79 Å². The van der Waals surface area contributed by atoms with Gasteiger partial charge in [0.1, 0.15) is 5.54 Å². The summed E-state index contributed by atoms with van der Waals surface area (Å²) in [5.41, 5.74) is -0.724. The first-order chi connectivity index (χ1) is 12.1. The summed E-state index contributed by atoms with van der Waals surface area (Å²) < 4.78 is 5.04. The summed E-state index contributed by atoms with van der Waals surface area (Å²) in [4.78, 5) is 30.0. The van der Waals surface area contributed by atoms with Crippen LogP contribution in [0.2, 0.25) is 0 Å². The van der Waals surface area contributed by atoms with Crippen molar-refractivity contribution in [3.05, 3.63) is 18.0 Å². The van der Waals surface area contributed by atoms with Crippen molar-refractivity contribution >= 4 is 11.8 Å². The maximum Gasteiger partial charge on any atom is 0.293 e. The van der Waals surface area contributed by atoms with E-state index in [0.717, 1.165) is 57.9 Å². The van der Waals surface area contributed by atoms with Gasteiger partial charge >= 0.3 is 0 Å². The smallest absolute Gasteiger partial charge is 0.293 e. The van der Waals surface area contributed by atoms with E-state index in [-0.39, 0.29) is 29.7 Å². The van der Waals surface area contributed by atoms with E-state index < -0.39 is 5.54 Å². The van der Waals surface area contributed by atoms with Crippen LogP contribution in [0.15, 0.2) is 16.8 Å². The number of aromatic nitrogens is 1. The number of hydrogen-bond acceptors (Lipinski definition) is 5. The van der Waals surface area contributed by atoms with E-state index in [1.807, 2.05) is 4.90 Å². The number of aliphatic hydroxyl groups is 1. The van der Waals surface area contributed by atoms with Crippen LogP contribution >= 0.6 is 0 Å². The molecule has 0 bridgehead atoms. The summed E-state index contributed by atoms with van der Waals surface area (Å²) in [7, 11) is 0. The first-order valence-electron chi connectivity index (χ1n) is 9.33. The fraction of sp³-hybridized carbons (Fsp3) is 0.722. The molecule has 1 unspecified atom stereocenters. The Morgan fingerprint density at radius 1 is 1.20 bits per heavy atom. The zero-order chi connectivity index (χ0) is 17.4. The Hall–Kier alpha value is -1.89. The lowest BCUT2D eigenvalue weighted by Gasteiger charge is -2.47. The lowest BCUT2D eigenvalue weighted by atomic mass is 9.82. The Morgan fingerprint density at radius 2 is 1.92 bits per heavy atom. The zero-order valence-electron chi connectivity index (χ0n) is 14.4. The standard InChI is InChI=1S/C18H25N3O4/c22-14-5-3-13(4-6-14)20-11-1-8-18(17(20)24)9-2-12-21(18)16(23)15-7-10-19-25-15/h7,10,13-14,22H,1-6,8-9,11-12H2. The number of carbonyl (C=O) groups excluding carboxylic acids is 2. The average Bonchev–Trinajstić information content (AvgIpc) is 3.29. The van der Waals surface area contributed by atoms with Gasteiger partial charge in [-0.25, -0.2) is 0 Å². The molecule has 1 saturated carbocycles. The molecule has 3 heterocycles. The van der Waals surface area contributed by atoms with Gasteiger partial charge in [0.15, 0.2) is 0 Å². The quantitative estimate of drug-likeness (QED) is 0.878. The van der Waals surface area contributed by atoms with E-state index in [4.69, 9.17) is 4.52 Å². The van der Waals surface area contributed by atoms with Gasteiger partial charge in [0.05, 0.1) is 12.3 Å². The summed E-state index contributed by atoms with van der Waals surface area (Å²) in [5, 5.41) is 13.4. The number of carbonyl (C=O) groups is 2. The lowest BCUT2D eigenvalue weighted by molar-refractivity contribution is -0.150. The maximum atomic E-state index is 13.4. The Balaban J connectivity index is 1.57. The molecule has 136 valence electrons. The second-order valence-electron chi connectivity index (χ2n) is 7.53. The molecule has 4 rings (SSSR count). The lowest BCUT2D eigenvalue weighted by Crippen LogP contribution is -2.63. The third-order valence-electron chi connectivity index (χ3n) is 6.14. The number of amides is 2. The summed E-state index contributed by atoms with van der Waals surface area (Å²) in [6, 6.07) is 1.75. The normalized spacial score (nSPS) is 33.2. The number of piperidine rings is 1. The second kappa shape index (κ2) is 6.44. The molecule has 2 aliphatic heterocycles. The van der Waals surface area contributed by atoms with E-state index in [1.165, 1.54) is 6.20 Å². The molecule has 0 aromatic carbocycles. The van der Waals surface area contributed by atoms with Gasteiger partial charge in [0.2, 0.25) is 11.7 Å². The second-order valence-corrected chi connectivity index (χ2v) is 7.53. The molecule has 1 aromatic heterocycles. The van der Waals surface area contributed by atoms with Crippen molar-refractivity contribution in [1.82, 2.24) is 15.0 Å². The Kier molecular flexibility index (Phi) is 4.27. The fourth-order valence-corrected chi connectivity index (χ4v) is 4.85. The SMILES string of the molecule is O=C(c1ccno1)N1CCCC12CCCN(C1CCC(O)CC1)C2=O. The van der Waals surface area contributed by atoms with E-state index in [1.54, 1.807) is 11.0 Å². The summed E-state index contributed by atoms with van der Waals surface area (Å²) >= 11 is 0. The van der Waals surface area contributed by atoms with Crippen LogP contribution in [0.3, 0.4) is 0 Å². The largest absolute Gasteiger partial charge is 0.393 e. The average molecular weight is 347 g/mol. The van der Waals surface area contributed by atoms with Gasteiger partial charge in [-0.2, -0.15) is 0 Å². The minimum atomic E-state index is -0.724. The highest BCUT2D eigenvalue weighted by atomic mass is 16.5. The van der Waals surface area contributed by atoms with Crippen molar-refractivity contribution in [1.29, 1.82) is 0 Å². The molecule has 7 nitrogen and oxygen atoms in total. The number of likely N-dealkylation sites (tertiary alicyclic amines) is 2. The van der Waals surface area contributed by atoms with E-state index in [9.17, 15) is 14.7 Å². The molecule has 0 radical (unpaired) electrons. The van der Waals surface area contributed by atoms with Crippen LogP contribution in [0.4, 0.5) is 0 Å². The summed E-state index contributed by atoms with van der Waals surface area (Å²) in [5.74, 6) is 0.0572. The first-order valence-corrected chi connectivity index (χ1v) is 9.33. The molecule has 1 atom stereocenters. The van der Waals surface area contributed by atoms with Crippen molar-refractivity contribution in [3.63, 3.8) is 0 Å². The van der Waals surface area contributed by atoms with Gasteiger partial charge in [-0.15, -0.1) is 0 Å². The molecule has 3 fully saturated rings. The van der Waals surface area contributed by atoms with Crippen LogP contribution in [-0.4, -0.2) is 62.7 Å². The van der Waals surface area contributed by atoms with Crippen LogP contribution < -0.4 is 0 Å². The zero-order valence-corrected chi connectivity index (χ0v) is 14.4. The Labute approximate surface area is 146 Å². The molecular weight excluding hydrogens is 322 g/mol. The molecule has 25 heavy (non-hydrogen) atoms. The minimum absolute atomic E-state index is 0.0884. The van der Waals surface area contributed by atoms with Gasteiger partial charge < -0.3 is 19.4 Å². The third kappa shape index (κ3) is 2.74. The molecular formula is C18H25N3O4. The highest BCUT2D eigenvalue weighted by Gasteiger charge is 2.54. The highest BCUT2D eigenvalue weighted by molar-refractivity contribution is 5.98. The van der Waals surface area contributed by atoms with E-state index >= 15 is 0 Å². The summed E-state index contributed by atoms with van der Waals surface area (Å²) in [6.07, 6.45) is 7.60. The van der Waals surface area contributed by atoms with Gasteiger partial charge in [-0.3, -0.25) is 9.59 Å². The van der Waals surface area contributed by atoms with Gasteiger partial charge in [0, 0.05) is 25.2 Å². The molecule has 1 aromatic rings. The Bertz CT molecular complexity index is 639. The molecule has 1 spiro atoms. The topological polar surface area (TPSA) is 86.9 Å². The van der Waals surface area contributed by atoms with Crippen molar-refractivity contribution < 1.29 is 19.2 Å². The fourth-order valence-electron chi connectivity index (χ4n) is 4.85. The number of rotatable bonds is 2. The van der Waals surface area contributed by atoms with Crippen molar-refractivity contribution in [2.45, 2.75) is 69.1 Å². The van der Waals surface area contributed by atoms with Gasteiger partial charge in [-0.05, 0) is 51.4 Å². The van der Waals surface area contributed by atoms with Crippen LogP contribution in [0.1, 0.15) is 61.9 Å². The number of aliphatic hydroxyl groups excluding tert-OH is 1. The highest BCUT2D eigenvalue weighted by Crippen LogP contribution is 2.41. The Morgan fingerprint density at radius 3 is 2.60 bits per heavy atom. The van der Waals surface area contributed by atoms with Gasteiger partial charge in [-0.1, -0.05) is 5.16 Å². The van der Waals surface area contributed by atoms with Crippen molar-refractivity contribution in [2.75, 3.05) is 13.1 Å². The maximum absolute atomic E-state index is 13.4. The molecule has 3 aliphatic rings. The van der Waals surface area contributed by atoms with Crippen molar-refractivity contribution in [3.8, 4) is 0 Å².